The Kier molecular flexibility index (Phi) is 4.23. The SMILES string of the molecule is COc1ccc(/C=C/C2=Cc3c(sc4n[nH]c(N)c34)C(C)(C)C2)cc1OC. The van der Waals surface area contributed by atoms with Gasteiger partial charge in [-0.25, -0.2) is 0 Å². The first kappa shape index (κ1) is 17.7. The minimum Gasteiger partial charge on any atom is -0.493 e. The molecule has 0 saturated heterocycles. The number of nitrogens with zero attached hydrogens (tertiary/aromatic N) is 1. The van der Waals surface area contributed by atoms with Gasteiger partial charge in [0.05, 0.1) is 19.6 Å². The summed E-state index contributed by atoms with van der Waals surface area (Å²) >= 11 is 1.73. The number of H-pyrrole nitrogens is 1. The second kappa shape index (κ2) is 6.46. The van der Waals surface area contributed by atoms with E-state index in [1.807, 2.05) is 18.2 Å². The second-order valence-electron chi connectivity index (χ2n) is 7.39. The Morgan fingerprint density at radius 1 is 1.19 bits per heavy atom. The number of ether oxygens (including phenoxy) is 2. The van der Waals surface area contributed by atoms with Crippen LogP contribution in [0.1, 0.15) is 36.3 Å². The molecule has 0 atom stereocenters. The van der Waals surface area contributed by atoms with Crippen molar-refractivity contribution in [3.8, 4) is 11.5 Å². The number of benzene rings is 1. The summed E-state index contributed by atoms with van der Waals surface area (Å²) < 4.78 is 10.7. The highest BCUT2D eigenvalue weighted by Gasteiger charge is 2.32. The maximum Gasteiger partial charge on any atom is 0.161 e. The summed E-state index contributed by atoms with van der Waals surface area (Å²) in [6.07, 6.45) is 7.49. The summed E-state index contributed by atoms with van der Waals surface area (Å²) in [4.78, 5) is 2.33. The Labute approximate surface area is 162 Å². The predicted octanol–water partition coefficient (Wildman–Crippen LogP) is 5.00. The van der Waals surface area contributed by atoms with Crippen LogP contribution in [0, 0.1) is 0 Å². The number of nitrogen functional groups attached to an aromatic ring is 1. The van der Waals surface area contributed by atoms with Crippen LogP contribution >= 0.6 is 11.3 Å². The van der Waals surface area contributed by atoms with Crippen molar-refractivity contribution in [2.24, 2.45) is 0 Å². The average Bonchev–Trinajstić information content (AvgIpc) is 3.20. The van der Waals surface area contributed by atoms with Gasteiger partial charge >= 0.3 is 0 Å². The van der Waals surface area contributed by atoms with Crippen LogP contribution in [-0.4, -0.2) is 24.4 Å². The lowest BCUT2D eigenvalue weighted by Crippen LogP contribution is -2.20. The first-order valence-electron chi connectivity index (χ1n) is 8.80. The molecule has 5 nitrogen and oxygen atoms in total. The van der Waals surface area contributed by atoms with Crippen LogP contribution in [0.25, 0.3) is 22.4 Å². The molecule has 0 saturated carbocycles. The summed E-state index contributed by atoms with van der Waals surface area (Å²) in [7, 11) is 3.29. The Morgan fingerprint density at radius 2 is 1.96 bits per heavy atom. The van der Waals surface area contributed by atoms with Crippen molar-refractivity contribution in [2.75, 3.05) is 20.0 Å². The zero-order valence-corrected chi connectivity index (χ0v) is 16.7. The number of anilines is 1. The molecule has 1 aromatic carbocycles. The van der Waals surface area contributed by atoms with Crippen molar-refractivity contribution < 1.29 is 9.47 Å². The summed E-state index contributed by atoms with van der Waals surface area (Å²) in [6, 6.07) is 5.92. The number of nitrogens with one attached hydrogen (secondary N) is 1. The van der Waals surface area contributed by atoms with Crippen molar-refractivity contribution >= 4 is 39.5 Å². The van der Waals surface area contributed by atoms with E-state index in [0.29, 0.717) is 5.82 Å². The molecule has 1 aliphatic rings. The zero-order chi connectivity index (χ0) is 19.2. The lowest BCUT2D eigenvalue weighted by Gasteiger charge is -2.29. The van der Waals surface area contributed by atoms with Crippen LogP contribution in [0.4, 0.5) is 5.82 Å². The molecule has 27 heavy (non-hydrogen) atoms. The quantitative estimate of drug-likeness (QED) is 0.667. The van der Waals surface area contributed by atoms with Gasteiger partial charge in [0.1, 0.15) is 10.6 Å². The van der Waals surface area contributed by atoms with Gasteiger partial charge in [-0.2, -0.15) is 5.10 Å². The first-order chi connectivity index (χ1) is 12.9. The number of hydrogen-bond acceptors (Lipinski definition) is 5. The monoisotopic (exact) mass is 381 g/mol. The van der Waals surface area contributed by atoms with Crippen molar-refractivity contribution in [1.82, 2.24) is 10.2 Å². The fraction of sp³-hybridized carbons (Fsp3) is 0.286. The Hall–Kier alpha value is -2.73. The third-order valence-electron chi connectivity index (χ3n) is 4.96. The number of fused-ring (bicyclic) bond motifs is 3. The summed E-state index contributed by atoms with van der Waals surface area (Å²) in [6.45, 7) is 4.55. The minimum absolute atomic E-state index is 0.0478. The molecular formula is C21H23N3O2S. The van der Waals surface area contributed by atoms with E-state index in [2.05, 4.69) is 42.3 Å². The van der Waals surface area contributed by atoms with Gasteiger partial charge in [-0.05, 0) is 35.8 Å². The molecule has 140 valence electrons. The van der Waals surface area contributed by atoms with Gasteiger partial charge in [0.15, 0.2) is 11.5 Å². The van der Waals surface area contributed by atoms with Gasteiger partial charge < -0.3 is 15.2 Å². The molecule has 4 rings (SSSR count). The summed E-state index contributed by atoms with van der Waals surface area (Å²) in [5, 5.41) is 8.28. The van der Waals surface area contributed by atoms with E-state index in [1.165, 1.54) is 16.0 Å². The third kappa shape index (κ3) is 3.00. The molecule has 0 fully saturated rings. The topological polar surface area (TPSA) is 73.2 Å². The van der Waals surface area contributed by atoms with Gasteiger partial charge in [-0.3, -0.25) is 5.10 Å². The Bertz CT molecular complexity index is 1070. The largest absolute Gasteiger partial charge is 0.493 e. The predicted molar refractivity (Wildman–Crippen MR) is 113 cm³/mol. The van der Waals surface area contributed by atoms with Crippen molar-refractivity contribution in [2.45, 2.75) is 25.7 Å². The Morgan fingerprint density at radius 3 is 2.70 bits per heavy atom. The number of thiophene rings is 1. The van der Waals surface area contributed by atoms with E-state index in [1.54, 1.807) is 25.6 Å². The maximum absolute atomic E-state index is 6.12. The molecular weight excluding hydrogens is 358 g/mol. The highest BCUT2D eigenvalue weighted by atomic mass is 32.1. The van der Waals surface area contributed by atoms with Crippen LogP contribution in [0.15, 0.2) is 29.8 Å². The number of nitrogens with two attached hydrogens (primary N) is 1. The van der Waals surface area contributed by atoms with Crippen LogP contribution in [0.3, 0.4) is 0 Å². The third-order valence-corrected chi connectivity index (χ3v) is 6.43. The number of allylic oxidation sites excluding steroid dienone is 2. The van der Waals surface area contributed by atoms with Gasteiger partial charge in [-0.1, -0.05) is 32.1 Å². The highest BCUT2D eigenvalue weighted by Crippen LogP contribution is 2.47. The van der Waals surface area contributed by atoms with Crippen molar-refractivity contribution in [3.05, 3.63) is 45.9 Å². The van der Waals surface area contributed by atoms with E-state index >= 15 is 0 Å². The van der Waals surface area contributed by atoms with E-state index in [-0.39, 0.29) is 5.41 Å². The smallest absolute Gasteiger partial charge is 0.161 e. The number of rotatable bonds is 4. The lowest BCUT2D eigenvalue weighted by atomic mass is 9.77. The van der Waals surface area contributed by atoms with E-state index < -0.39 is 0 Å². The second-order valence-corrected chi connectivity index (χ2v) is 8.39. The molecule has 0 unspecified atom stereocenters. The van der Waals surface area contributed by atoms with E-state index in [9.17, 15) is 0 Å². The fourth-order valence-corrected chi connectivity index (χ4v) is 4.90. The summed E-state index contributed by atoms with van der Waals surface area (Å²) in [5.41, 5.74) is 9.70. The zero-order valence-electron chi connectivity index (χ0n) is 15.9. The van der Waals surface area contributed by atoms with Gasteiger partial charge in [-0.15, -0.1) is 11.3 Å². The highest BCUT2D eigenvalue weighted by molar-refractivity contribution is 7.19. The maximum atomic E-state index is 6.12. The lowest BCUT2D eigenvalue weighted by molar-refractivity contribution is 0.355. The van der Waals surface area contributed by atoms with Crippen LogP contribution in [-0.2, 0) is 5.41 Å². The molecule has 3 aromatic rings. The fourth-order valence-electron chi connectivity index (χ4n) is 3.67. The van der Waals surface area contributed by atoms with Crippen LogP contribution in [0.5, 0.6) is 11.5 Å². The first-order valence-corrected chi connectivity index (χ1v) is 9.62. The molecule has 1 aliphatic carbocycles. The molecule has 0 radical (unpaired) electrons. The minimum atomic E-state index is 0.0478. The molecule has 2 heterocycles. The number of methoxy groups -OCH3 is 2. The number of hydrogen-bond donors (Lipinski definition) is 2. The molecule has 0 bridgehead atoms. The molecule has 0 spiro atoms. The number of aromatic nitrogens is 2. The number of aromatic amines is 1. The van der Waals surface area contributed by atoms with Crippen LogP contribution in [0.2, 0.25) is 0 Å². The standard InChI is InChI=1S/C21H23N3O2S/c1-21(2)11-13(6-5-12-7-8-15(25-3)16(10-12)26-4)9-14-17-19(22)23-24-20(17)27-18(14)21/h5-10H,11H2,1-4H3,(H3,22,23,24)/b6-5+. The average molecular weight is 382 g/mol. The summed E-state index contributed by atoms with van der Waals surface area (Å²) in [5.74, 6) is 2.10. The van der Waals surface area contributed by atoms with Crippen molar-refractivity contribution in [1.29, 1.82) is 0 Å². The molecule has 0 amide bonds. The van der Waals surface area contributed by atoms with Gasteiger partial charge in [0, 0.05) is 15.9 Å². The van der Waals surface area contributed by atoms with Gasteiger partial charge in [0.2, 0.25) is 0 Å². The Balaban J connectivity index is 1.72. The van der Waals surface area contributed by atoms with E-state index in [0.717, 1.165) is 33.7 Å². The van der Waals surface area contributed by atoms with E-state index in [4.69, 9.17) is 15.2 Å². The van der Waals surface area contributed by atoms with Crippen molar-refractivity contribution in [3.63, 3.8) is 0 Å². The molecule has 3 N–H and O–H groups in total. The van der Waals surface area contributed by atoms with Gasteiger partial charge in [0.25, 0.3) is 0 Å². The van der Waals surface area contributed by atoms with Crippen LogP contribution < -0.4 is 15.2 Å². The molecule has 0 aliphatic heterocycles. The molecule has 6 heteroatoms. The normalized spacial score (nSPS) is 15.8. The molecule has 2 aromatic heterocycles.